The first-order valence-corrected chi connectivity index (χ1v) is 7.35. The molecule has 1 aromatic carbocycles. The topological polar surface area (TPSA) is 100 Å². The summed E-state index contributed by atoms with van der Waals surface area (Å²) in [5.74, 6) is -0.657. The van der Waals surface area contributed by atoms with Crippen molar-refractivity contribution in [3.05, 3.63) is 23.8 Å². The van der Waals surface area contributed by atoms with E-state index in [1.54, 1.807) is 13.0 Å². The Labute approximate surface area is 140 Å². The van der Waals surface area contributed by atoms with Gasteiger partial charge in [-0.15, -0.1) is 0 Å². The lowest BCUT2D eigenvalue weighted by Crippen LogP contribution is -2.34. The zero-order valence-electron chi connectivity index (χ0n) is 14.1. The highest BCUT2D eigenvalue weighted by Crippen LogP contribution is 2.29. The van der Waals surface area contributed by atoms with Crippen LogP contribution in [-0.2, 0) is 14.3 Å². The van der Waals surface area contributed by atoms with E-state index in [1.165, 1.54) is 19.2 Å². The molecule has 1 N–H and O–H groups in total. The van der Waals surface area contributed by atoms with Crippen LogP contribution in [0, 0.1) is 0 Å². The third-order valence-corrected chi connectivity index (χ3v) is 2.61. The van der Waals surface area contributed by atoms with Gasteiger partial charge in [0.25, 0.3) is 5.91 Å². The van der Waals surface area contributed by atoms with E-state index in [1.807, 2.05) is 19.2 Å². The predicted molar refractivity (Wildman–Crippen MR) is 84.2 cm³/mol. The SMILES string of the molecule is CCOC(=O)NC(=O)COC(=O)c1ccc(OC(C)C)c(OC)c1. The standard InChI is InChI=1S/C16H21NO7/c1-5-22-16(20)17-14(18)9-23-15(19)11-6-7-12(24-10(2)3)13(8-11)21-4/h6-8,10H,5,9H2,1-4H3,(H,17,18,20). The van der Waals surface area contributed by atoms with Crippen LogP contribution in [0.25, 0.3) is 0 Å². The number of rotatable bonds is 7. The number of hydrogen-bond acceptors (Lipinski definition) is 7. The molecule has 132 valence electrons. The van der Waals surface area contributed by atoms with Gasteiger partial charge in [0.2, 0.25) is 0 Å². The Morgan fingerprint density at radius 3 is 2.42 bits per heavy atom. The fraction of sp³-hybridized carbons (Fsp3) is 0.438. The van der Waals surface area contributed by atoms with Crippen molar-refractivity contribution in [3.63, 3.8) is 0 Å². The molecular formula is C16H21NO7. The van der Waals surface area contributed by atoms with Crippen LogP contribution in [0.1, 0.15) is 31.1 Å². The molecule has 0 atom stereocenters. The second-order valence-corrected chi connectivity index (χ2v) is 4.88. The van der Waals surface area contributed by atoms with Gasteiger partial charge >= 0.3 is 12.1 Å². The van der Waals surface area contributed by atoms with Crippen molar-refractivity contribution in [3.8, 4) is 11.5 Å². The first-order chi connectivity index (χ1) is 11.4. The predicted octanol–water partition coefficient (Wildman–Crippen LogP) is 1.91. The van der Waals surface area contributed by atoms with E-state index >= 15 is 0 Å². The molecule has 2 amide bonds. The van der Waals surface area contributed by atoms with E-state index in [-0.39, 0.29) is 18.3 Å². The quantitative estimate of drug-likeness (QED) is 0.757. The summed E-state index contributed by atoms with van der Waals surface area (Å²) in [6.45, 7) is 4.85. The summed E-state index contributed by atoms with van der Waals surface area (Å²) >= 11 is 0. The van der Waals surface area contributed by atoms with E-state index in [4.69, 9.17) is 14.2 Å². The summed E-state index contributed by atoms with van der Waals surface area (Å²) in [6.07, 6.45) is -0.946. The molecule has 0 fully saturated rings. The Hall–Kier alpha value is -2.77. The largest absolute Gasteiger partial charge is 0.493 e. The zero-order chi connectivity index (χ0) is 18.1. The van der Waals surface area contributed by atoms with Gasteiger partial charge in [-0.05, 0) is 39.0 Å². The molecule has 1 aromatic rings. The molecule has 0 aliphatic rings. The van der Waals surface area contributed by atoms with Crippen LogP contribution >= 0.6 is 0 Å². The molecule has 8 nitrogen and oxygen atoms in total. The Morgan fingerprint density at radius 2 is 1.83 bits per heavy atom. The maximum atomic E-state index is 11.9. The molecule has 0 saturated carbocycles. The number of amides is 2. The zero-order valence-corrected chi connectivity index (χ0v) is 14.1. The van der Waals surface area contributed by atoms with Crippen molar-refractivity contribution in [1.82, 2.24) is 5.32 Å². The van der Waals surface area contributed by atoms with Crippen molar-refractivity contribution in [2.45, 2.75) is 26.9 Å². The van der Waals surface area contributed by atoms with Crippen molar-refractivity contribution in [2.24, 2.45) is 0 Å². The van der Waals surface area contributed by atoms with Gasteiger partial charge in [0.15, 0.2) is 18.1 Å². The van der Waals surface area contributed by atoms with Crippen molar-refractivity contribution in [1.29, 1.82) is 0 Å². The van der Waals surface area contributed by atoms with E-state index in [0.29, 0.717) is 11.5 Å². The average Bonchev–Trinajstić information content (AvgIpc) is 2.52. The van der Waals surface area contributed by atoms with Gasteiger partial charge in [-0.25, -0.2) is 9.59 Å². The first kappa shape index (κ1) is 19.3. The van der Waals surface area contributed by atoms with E-state index in [9.17, 15) is 14.4 Å². The lowest BCUT2D eigenvalue weighted by Gasteiger charge is -2.14. The third-order valence-electron chi connectivity index (χ3n) is 2.61. The number of nitrogens with one attached hydrogen (secondary N) is 1. The average molecular weight is 339 g/mol. The van der Waals surface area contributed by atoms with Crippen LogP contribution in [0.4, 0.5) is 4.79 Å². The minimum Gasteiger partial charge on any atom is -0.493 e. The van der Waals surface area contributed by atoms with Crippen LogP contribution in [0.5, 0.6) is 11.5 Å². The number of imide groups is 1. The Balaban J connectivity index is 2.64. The summed E-state index contributed by atoms with van der Waals surface area (Å²) in [5, 5.41) is 1.92. The molecule has 0 unspecified atom stereocenters. The molecule has 0 aliphatic heterocycles. The van der Waals surface area contributed by atoms with Gasteiger partial charge in [0.05, 0.1) is 25.4 Å². The van der Waals surface area contributed by atoms with Gasteiger partial charge in [0.1, 0.15) is 0 Å². The van der Waals surface area contributed by atoms with Gasteiger partial charge in [-0.3, -0.25) is 10.1 Å². The minimum absolute atomic E-state index is 0.0525. The van der Waals surface area contributed by atoms with Crippen LogP contribution in [0.2, 0.25) is 0 Å². The van der Waals surface area contributed by atoms with Gasteiger partial charge in [0, 0.05) is 0 Å². The molecule has 0 aromatic heterocycles. The molecule has 0 bridgehead atoms. The Morgan fingerprint density at radius 1 is 1.12 bits per heavy atom. The minimum atomic E-state index is -0.893. The van der Waals surface area contributed by atoms with Gasteiger partial charge in [-0.2, -0.15) is 0 Å². The van der Waals surface area contributed by atoms with E-state index in [2.05, 4.69) is 4.74 Å². The lowest BCUT2D eigenvalue weighted by atomic mass is 10.2. The molecule has 0 heterocycles. The Bertz CT molecular complexity index is 598. The van der Waals surface area contributed by atoms with E-state index < -0.39 is 24.6 Å². The van der Waals surface area contributed by atoms with Crippen molar-refractivity contribution < 1.29 is 33.3 Å². The number of carbonyl (C=O) groups is 3. The van der Waals surface area contributed by atoms with Crippen LogP contribution in [-0.4, -0.2) is 44.4 Å². The fourth-order valence-corrected chi connectivity index (χ4v) is 1.68. The first-order valence-electron chi connectivity index (χ1n) is 7.35. The molecule has 0 aliphatic carbocycles. The highest BCUT2D eigenvalue weighted by molar-refractivity contribution is 5.95. The summed E-state index contributed by atoms with van der Waals surface area (Å²) in [5.41, 5.74) is 0.187. The van der Waals surface area contributed by atoms with Crippen LogP contribution in [0.15, 0.2) is 18.2 Å². The maximum Gasteiger partial charge on any atom is 0.413 e. The number of esters is 1. The lowest BCUT2D eigenvalue weighted by molar-refractivity contribution is -0.123. The highest BCUT2D eigenvalue weighted by Gasteiger charge is 2.15. The number of carbonyl (C=O) groups excluding carboxylic acids is 3. The molecule has 8 heteroatoms. The van der Waals surface area contributed by atoms with Crippen molar-refractivity contribution >= 4 is 18.0 Å². The van der Waals surface area contributed by atoms with Gasteiger partial charge in [-0.1, -0.05) is 0 Å². The second-order valence-electron chi connectivity index (χ2n) is 4.88. The second kappa shape index (κ2) is 9.39. The summed E-state index contributed by atoms with van der Waals surface area (Å²) in [6, 6.07) is 4.52. The van der Waals surface area contributed by atoms with E-state index in [0.717, 1.165) is 0 Å². The normalized spacial score (nSPS) is 10.0. The van der Waals surface area contributed by atoms with Gasteiger partial charge < -0.3 is 18.9 Å². The molecule has 0 spiro atoms. The third kappa shape index (κ3) is 6.15. The maximum absolute atomic E-state index is 11.9. The summed E-state index contributed by atoms with van der Waals surface area (Å²) < 4.78 is 20.1. The molecule has 1 rings (SSSR count). The number of alkyl carbamates (subject to hydrolysis) is 1. The Kier molecular flexibility index (Phi) is 7.54. The summed E-state index contributed by atoms with van der Waals surface area (Å²) in [7, 11) is 1.45. The smallest absolute Gasteiger partial charge is 0.413 e. The molecular weight excluding hydrogens is 318 g/mol. The molecule has 24 heavy (non-hydrogen) atoms. The number of hydrogen-bond donors (Lipinski definition) is 1. The molecule has 0 radical (unpaired) electrons. The number of methoxy groups -OCH3 is 1. The van der Waals surface area contributed by atoms with Crippen LogP contribution in [0.3, 0.4) is 0 Å². The van der Waals surface area contributed by atoms with Crippen LogP contribution < -0.4 is 14.8 Å². The number of ether oxygens (including phenoxy) is 4. The fourth-order valence-electron chi connectivity index (χ4n) is 1.68. The number of benzene rings is 1. The highest BCUT2D eigenvalue weighted by atomic mass is 16.6. The van der Waals surface area contributed by atoms with Crippen molar-refractivity contribution in [2.75, 3.05) is 20.3 Å². The monoisotopic (exact) mass is 339 g/mol. The molecule has 0 saturated heterocycles. The summed E-state index contributed by atoms with van der Waals surface area (Å²) in [4.78, 5) is 34.4.